The number of nitrogens with one attached hydrogen (secondary N) is 9. The fraction of sp³-hybridized carbons (Fsp3) is 0.875. The van der Waals surface area contributed by atoms with Gasteiger partial charge in [-0.2, -0.15) is 0 Å². The van der Waals surface area contributed by atoms with E-state index in [0.717, 1.165) is 38.9 Å². The molecule has 3 atom stereocenters. The summed E-state index contributed by atoms with van der Waals surface area (Å²) in [4.78, 5) is 92.4. The number of unbranched alkanes of at least 4 members (excludes halogenated alkanes) is 4. The number of rotatable bonds is 65. The molecular weight excluding hydrogens is 1220 g/mol. The van der Waals surface area contributed by atoms with Gasteiger partial charge >= 0.3 is 0 Å². The molecule has 0 aromatic rings. The van der Waals surface area contributed by atoms with Crippen molar-refractivity contribution < 1.29 is 90.4 Å². The van der Waals surface area contributed by atoms with Crippen LogP contribution >= 0.6 is 37.2 Å². The van der Waals surface area contributed by atoms with Gasteiger partial charge in [0.25, 0.3) is 0 Å². The fourth-order valence-electron chi connectivity index (χ4n) is 7.50. The Labute approximate surface area is 541 Å². The molecule has 0 radical (unpaired) electrons. The van der Waals surface area contributed by atoms with Gasteiger partial charge in [0.1, 0.15) is 44.6 Å². The lowest BCUT2D eigenvalue weighted by Crippen LogP contribution is -2.54. The minimum atomic E-state index is -1.06. The Balaban J connectivity index is -0.0000118. The second-order valence-electron chi connectivity index (χ2n) is 19.4. The van der Waals surface area contributed by atoms with Crippen molar-refractivity contribution in [2.75, 3.05) is 219 Å². The fourth-order valence-corrected chi connectivity index (χ4v) is 7.50. The molecule has 0 aliphatic rings. The summed E-state index contributed by atoms with van der Waals surface area (Å²) in [6.07, 6.45) is 6.92. The van der Waals surface area contributed by atoms with Crippen molar-refractivity contribution in [3.05, 3.63) is 0 Å². The molecule has 0 bridgehead atoms. The van der Waals surface area contributed by atoms with Crippen LogP contribution in [0.2, 0.25) is 0 Å². The molecular formula is C56H113Cl3N10O19. The van der Waals surface area contributed by atoms with Gasteiger partial charge in [-0.25, -0.2) is 0 Å². The summed E-state index contributed by atoms with van der Waals surface area (Å²) in [7, 11) is 6.28. The number of methoxy groups -OCH3 is 4. The Hall–Kier alpha value is -3.44. The molecule has 29 nitrogen and oxygen atoms in total. The molecule has 0 fully saturated rings. The van der Waals surface area contributed by atoms with E-state index in [4.69, 9.17) is 62.6 Å². The van der Waals surface area contributed by atoms with E-state index in [-0.39, 0.29) is 141 Å². The first-order chi connectivity index (χ1) is 41.5. The van der Waals surface area contributed by atoms with E-state index in [1.165, 1.54) is 0 Å². The van der Waals surface area contributed by atoms with Crippen molar-refractivity contribution in [3.8, 4) is 0 Å². The molecule has 0 aliphatic carbocycles. The van der Waals surface area contributed by atoms with Gasteiger partial charge in [0.05, 0.1) is 106 Å². The largest absolute Gasteiger partial charge is 0.382 e. The Morgan fingerprint density at radius 2 is 0.568 bits per heavy atom. The van der Waals surface area contributed by atoms with Gasteiger partial charge in [-0.1, -0.05) is 0 Å². The number of halogens is 3. The smallest absolute Gasteiger partial charge is 0.246 e. The van der Waals surface area contributed by atoms with E-state index >= 15 is 0 Å². The monoisotopic (exact) mass is 1330 g/mol. The molecule has 0 saturated carbocycles. The third-order valence-corrected chi connectivity index (χ3v) is 12.1. The van der Waals surface area contributed by atoms with Crippen LogP contribution < -0.4 is 53.6 Å². The summed E-state index contributed by atoms with van der Waals surface area (Å²) in [5.41, 5.74) is 5.56. The zero-order valence-corrected chi connectivity index (χ0v) is 55.4. The van der Waals surface area contributed by atoms with E-state index in [9.17, 15) is 33.6 Å². The highest BCUT2D eigenvalue weighted by Crippen LogP contribution is 2.08. The van der Waals surface area contributed by atoms with Crippen LogP contribution in [0.4, 0.5) is 0 Å². The van der Waals surface area contributed by atoms with Gasteiger partial charge in [0, 0.05) is 54.6 Å². The second kappa shape index (κ2) is 71.0. The first-order valence-electron chi connectivity index (χ1n) is 30.2. The van der Waals surface area contributed by atoms with E-state index < -0.39 is 47.7 Å². The molecule has 11 N–H and O–H groups in total. The molecule has 88 heavy (non-hydrogen) atoms. The molecule has 0 spiro atoms. The van der Waals surface area contributed by atoms with Gasteiger partial charge in [0.15, 0.2) is 0 Å². The van der Waals surface area contributed by atoms with E-state index in [1.54, 1.807) is 28.4 Å². The maximum atomic E-state index is 14.1. The Morgan fingerprint density at radius 1 is 0.295 bits per heavy atom. The molecule has 0 unspecified atom stereocenters. The number of ether oxygens (including phenoxy) is 12. The predicted octanol–water partition coefficient (Wildman–Crippen LogP) is -0.901. The lowest BCUT2D eigenvalue weighted by molar-refractivity contribution is -0.134. The first kappa shape index (κ1) is 91.0. The number of carbonyl (C=O) groups excluding carboxylic acids is 7. The van der Waals surface area contributed by atoms with Crippen molar-refractivity contribution in [1.82, 2.24) is 47.9 Å². The van der Waals surface area contributed by atoms with Crippen LogP contribution in [0.1, 0.15) is 83.5 Å². The highest BCUT2D eigenvalue weighted by Gasteiger charge is 2.27. The normalized spacial score (nSPS) is 11.9. The van der Waals surface area contributed by atoms with Gasteiger partial charge in [0.2, 0.25) is 41.4 Å². The van der Waals surface area contributed by atoms with Gasteiger partial charge in [-0.3, -0.25) is 33.6 Å². The third kappa shape index (κ3) is 61.4. The third-order valence-electron chi connectivity index (χ3n) is 12.1. The highest BCUT2D eigenvalue weighted by molar-refractivity contribution is 5.92. The van der Waals surface area contributed by atoms with Crippen LogP contribution in [-0.4, -0.2) is 279 Å². The number of hydrogen-bond acceptors (Lipinski definition) is 22. The summed E-state index contributed by atoms with van der Waals surface area (Å²) in [6.45, 7) is 9.46. The molecule has 522 valence electrons. The van der Waals surface area contributed by atoms with Gasteiger partial charge in [-0.15, -0.1) is 37.2 Å². The average molecular weight is 1340 g/mol. The van der Waals surface area contributed by atoms with Crippen LogP contribution in [0.5, 0.6) is 0 Å². The molecule has 0 rings (SSSR count). The maximum Gasteiger partial charge on any atom is 0.246 e. The van der Waals surface area contributed by atoms with Crippen molar-refractivity contribution in [2.24, 2.45) is 5.73 Å². The predicted molar refractivity (Wildman–Crippen MR) is 338 cm³/mol. The SMILES string of the molecule is COCCOCCOCC(=O)NCCCC[C@H](NC(=O)COCCOCCOC)C(=O)NCCCC[C@H](NC(=O)[C@H](CCCCNC(=O)COCCOCCOC)NC(=O)COCCOCCOC)C(=O)NCCCNCCCCNCCCN.Cl.Cl.Cl. The number of hydrogen-bond donors (Lipinski definition) is 10. The maximum absolute atomic E-state index is 14.1. The minimum absolute atomic E-state index is 0. The van der Waals surface area contributed by atoms with Crippen LogP contribution in [0.15, 0.2) is 0 Å². The zero-order chi connectivity index (χ0) is 62.3. The van der Waals surface area contributed by atoms with Crippen LogP contribution in [0.3, 0.4) is 0 Å². The summed E-state index contributed by atoms with van der Waals surface area (Å²) >= 11 is 0. The van der Waals surface area contributed by atoms with Crippen molar-refractivity contribution in [1.29, 1.82) is 0 Å². The van der Waals surface area contributed by atoms with Crippen LogP contribution in [0.25, 0.3) is 0 Å². The van der Waals surface area contributed by atoms with E-state index in [1.807, 2.05) is 0 Å². The quantitative estimate of drug-likeness (QED) is 0.0330. The van der Waals surface area contributed by atoms with Crippen molar-refractivity contribution in [2.45, 2.75) is 102 Å². The van der Waals surface area contributed by atoms with Crippen LogP contribution in [-0.2, 0) is 90.4 Å². The van der Waals surface area contributed by atoms with Crippen LogP contribution in [0, 0.1) is 0 Å². The zero-order valence-electron chi connectivity index (χ0n) is 53.0. The molecule has 32 heteroatoms. The average Bonchev–Trinajstić information content (AvgIpc) is 3.70. The van der Waals surface area contributed by atoms with Gasteiger partial charge in [-0.05, 0) is 116 Å². The number of nitrogens with two attached hydrogens (primary N) is 1. The highest BCUT2D eigenvalue weighted by atomic mass is 35.5. The number of amides is 7. The molecule has 7 amide bonds. The summed E-state index contributed by atoms with van der Waals surface area (Å²) in [5.74, 6) is -3.06. The second-order valence-corrected chi connectivity index (χ2v) is 19.4. The Kier molecular flexibility index (Phi) is 73.4. The molecule has 0 saturated heterocycles. The Morgan fingerprint density at radius 3 is 0.932 bits per heavy atom. The molecule has 0 aliphatic heterocycles. The minimum Gasteiger partial charge on any atom is -0.382 e. The molecule has 0 aromatic carbocycles. The lowest BCUT2D eigenvalue weighted by Gasteiger charge is -2.24. The van der Waals surface area contributed by atoms with E-state index in [2.05, 4.69) is 47.9 Å². The summed E-state index contributed by atoms with van der Waals surface area (Å²) in [6, 6.07) is -2.97. The molecule has 0 aromatic heterocycles. The molecule has 0 heterocycles. The first-order valence-corrected chi connectivity index (χ1v) is 30.2. The topological polar surface area (TPSA) is 365 Å². The van der Waals surface area contributed by atoms with Crippen molar-refractivity contribution >= 4 is 78.6 Å². The van der Waals surface area contributed by atoms with E-state index in [0.29, 0.717) is 144 Å². The summed E-state index contributed by atoms with van der Waals surface area (Å²) < 4.78 is 63.0. The Bertz CT molecular complexity index is 1650. The standard InChI is InChI=1S/C56H110N10O19.3ClH/c1-74-27-31-78-35-39-82-43-50(67)60-23-8-5-15-47(64-52(69)45-84-41-37-80-33-29-76-3)54(71)62-25-10-7-16-48(55(72)63-26-14-22-59-20-12-11-19-58-21-13-18-57)66-56(73)49(65-53(70)46-85-42-38-81-34-30-77-4)17-6-9-24-61-51(68)44-83-40-36-79-32-28-75-2;;;/h47-49,58-59H,5-46,57H2,1-4H3,(H,60,67)(H,61,68)(H,62,71)(H,63,72)(H,64,69)(H,65,70)(H,66,73);3*1H/t47-,48-,49-;;;/m0.../s1. The number of carbonyl (C=O) groups is 7. The lowest BCUT2D eigenvalue weighted by atomic mass is 10.0. The summed E-state index contributed by atoms with van der Waals surface area (Å²) in [5, 5.41) is 26.6. The van der Waals surface area contributed by atoms with Gasteiger partial charge < -0.3 is 110 Å². The van der Waals surface area contributed by atoms with Crippen molar-refractivity contribution in [3.63, 3.8) is 0 Å².